The summed E-state index contributed by atoms with van der Waals surface area (Å²) in [6, 6.07) is 17.3. The normalized spacial score (nSPS) is 14.1. The van der Waals surface area contributed by atoms with E-state index >= 15 is 0 Å². The molecule has 0 unspecified atom stereocenters. The highest BCUT2D eigenvalue weighted by molar-refractivity contribution is 6.05. The fourth-order valence-corrected chi connectivity index (χ4v) is 5.06. The van der Waals surface area contributed by atoms with Gasteiger partial charge in [0.15, 0.2) is 0 Å². The Morgan fingerprint density at radius 1 is 1.00 bits per heavy atom. The van der Waals surface area contributed by atoms with Crippen molar-refractivity contribution in [3.8, 4) is 5.75 Å². The standard InChI is InChI=1S/C32H41N5O3/c1-22-6-7-25(31(39)37-16-14-24(15-17-37)23-8-11-27(40-5)12-9-23)18-28(22)36-30(38)26-10-13-29(34-19-26)35-21-32(2,3)20-33-4/h6-13,18-19,24,33H,14-17,20-21H2,1-5H3,(H,34,35)(H,36,38). The van der Waals surface area contributed by atoms with Crippen LogP contribution in [0, 0.1) is 12.3 Å². The number of amides is 2. The molecule has 40 heavy (non-hydrogen) atoms. The minimum Gasteiger partial charge on any atom is -0.497 e. The fraction of sp³-hybridized carbons (Fsp3) is 0.406. The molecule has 1 aromatic heterocycles. The molecule has 3 N–H and O–H groups in total. The van der Waals surface area contributed by atoms with Gasteiger partial charge in [-0.1, -0.05) is 32.0 Å². The summed E-state index contributed by atoms with van der Waals surface area (Å²) in [6.07, 6.45) is 3.40. The summed E-state index contributed by atoms with van der Waals surface area (Å²) in [5.41, 5.74) is 3.89. The largest absolute Gasteiger partial charge is 0.497 e. The monoisotopic (exact) mass is 543 g/mol. The first-order valence-corrected chi connectivity index (χ1v) is 13.9. The second-order valence-electron chi connectivity index (χ2n) is 11.3. The van der Waals surface area contributed by atoms with Crippen LogP contribution < -0.4 is 20.7 Å². The van der Waals surface area contributed by atoms with Crippen LogP contribution in [0.1, 0.15) is 64.4 Å². The average Bonchev–Trinajstić information content (AvgIpc) is 2.97. The number of piperidine rings is 1. The lowest BCUT2D eigenvalue weighted by atomic mass is 9.89. The molecule has 0 radical (unpaired) electrons. The summed E-state index contributed by atoms with van der Waals surface area (Å²) >= 11 is 0. The molecule has 0 bridgehead atoms. The van der Waals surface area contributed by atoms with Crippen LogP contribution in [0.3, 0.4) is 0 Å². The number of carbonyl (C=O) groups excluding carboxylic acids is 2. The highest BCUT2D eigenvalue weighted by Gasteiger charge is 2.25. The highest BCUT2D eigenvalue weighted by Crippen LogP contribution is 2.30. The zero-order chi connectivity index (χ0) is 28.7. The first kappa shape index (κ1) is 29.1. The first-order valence-electron chi connectivity index (χ1n) is 13.9. The molecule has 8 heteroatoms. The minimum absolute atomic E-state index is 0.0121. The van der Waals surface area contributed by atoms with Gasteiger partial charge in [0.25, 0.3) is 11.8 Å². The second-order valence-corrected chi connectivity index (χ2v) is 11.3. The molecule has 0 saturated carbocycles. The van der Waals surface area contributed by atoms with Gasteiger partial charge in [0.2, 0.25) is 0 Å². The van der Waals surface area contributed by atoms with Crippen molar-refractivity contribution in [2.45, 2.75) is 39.5 Å². The van der Waals surface area contributed by atoms with Crippen molar-refractivity contribution in [3.63, 3.8) is 0 Å². The minimum atomic E-state index is -0.262. The Balaban J connectivity index is 1.35. The molecule has 212 valence electrons. The smallest absolute Gasteiger partial charge is 0.257 e. The summed E-state index contributed by atoms with van der Waals surface area (Å²) in [5.74, 6) is 1.73. The van der Waals surface area contributed by atoms with Crippen LogP contribution in [-0.2, 0) is 0 Å². The number of aromatic nitrogens is 1. The van der Waals surface area contributed by atoms with Crippen molar-refractivity contribution >= 4 is 23.3 Å². The maximum Gasteiger partial charge on any atom is 0.257 e. The third-order valence-electron chi connectivity index (χ3n) is 7.53. The summed E-state index contributed by atoms with van der Waals surface area (Å²) in [7, 11) is 3.61. The van der Waals surface area contributed by atoms with Crippen molar-refractivity contribution in [3.05, 3.63) is 83.0 Å². The molecule has 2 aromatic carbocycles. The Morgan fingerprint density at radius 2 is 1.70 bits per heavy atom. The van der Waals surface area contributed by atoms with Crippen LogP contribution in [0.2, 0.25) is 0 Å². The molecular formula is C32H41N5O3. The number of methoxy groups -OCH3 is 1. The summed E-state index contributed by atoms with van der Waals surface area (Å²) < 4.78 is 5.27. The topological polar surface area (TPSA) is 95.6 Å². The van der Waals surface area contributed by atoms with E-state index in [0.717, 1.165) is 43.1 Å². The molecular weight excluding hydrogens is 502 g/mol. The lowest BCUT2D eigenvalue weighted by Gasteiger charge is -2.32. The zero-order valence-electron chi connectivity index (χ0n) is 24.2. The first-order chi connectivity index (χ1) is 19.2. The molecule has 2 heterocycles. The highest BCUT2D eigenvalue weighted by atomic mass is 16.5. The van der Waals surface area contributed by atoms with Crippen molar-refractivity contribution in [2.75, 3.05) is 51.0 Å². The van der Waals surface area contributed by atoms with E-state index in [0.29, 0.717) is 35.8 Å². The number of rotatable bonds is 10. The number of anilines is 2. The van der Waals surface area contributed by atoms with E-state index in [-0.39, 0.29) is 17.2 Å². The van der Waals surface area contributed by atoms with E-state index in [1.54, 1.807) is 25.4 Å². The second kappa shape index (κ2) is 13.0. The summed E-state index contributed by atoms with van der Waals surface area (Å²) in [6.45, 7) is 9.29. The van der Waals surface area contributed by atoms with Gasteiger partial charge in [0.1, 0.15) is 11.6 Å². The number of benzene rings is 2. The zero-order valence-corrected chi connectivity index (χ0v) is 24.2. The van der Waals surface area contributed by atoms with E-state index in [2.05, 4.69) is 46.9 Å². The van der Waals surface area contributed by atoms with E-state index in [9.17, 15) is 9.59 Å². The molecule has 4 rings (SSSR count). The van der Waals surface area contributed by atoms with Crippen molar-refractivity contribution < 1.29 is 14.3 Å². The number of hydrogen-bond acceptors (Lipinski definition) is 6. The van der Waals surface area contributed by atoms with Crippen LogP contribution in [0.4, 0.5) is 11.5 Å². The van der Waals surface area contributed by atoms with Crippen LogP contribution in [0.25, 0.3) is 0 Å². The number of likely N-dealkylation sites (tertiary alicyclic amines) is 1. The molecule has 1 fully saturated rings. The van der Waals surface area contributed by atoms with Crippen LogP contribution in [0.15, 0.2) is 60.8 Å². The SMILES string of the molecule is CNCC(C)(C)CNc1ccc(C(=O)Nc2cc(C(=O)N3CCC(c4ccc(OC)cc4)CC3)ccc2C)cn1. The summed E-state index contributed by atoms with van der Waals surface area (Å²) in [5, 5.41) is 9.49. The van der Waals surface area contributed by atoms with Gasteiger partial charge in [-0.15, -0.1) is 0 Å². The quantitative estimate of drug-likeness (QED) is 0.320. The van der Waals surface area contributed by atoms with Gasteiger partial charge in [-0.2, -0.15) is 0 Å². The molecule has 1 saturated heterocycles. The van der Waals surface area contributed by atoms with Gasteiger partial charge < -0.3 is 25.6 Å². The molecule has 0 aliphatic carbocycles. The van der Waals surface area contributed by atoms with E-state index in [4.69, 9.17) is 4.74 Å². The Bertz CT molecular complexity index is 1300. The molecule has 1 aliphatic heterocycles. The van der Waals surface area contributed by atoms with Gasteiger partial charge in [0.05, 0.1) is 12.7 Å². The Morgan fingerprint density at radius 3 is 2.33 bits per heavy atom. The van der Waals surface area contributed by atoms with Gasteiger partial charge >= 0.3 is 0 Å². The number of nitrogens with zero attached hydrogens (tertiary/aromatic N) is 2. The number of carbonyl (C=O) groups is 2. The fourth-order valence-electron chi connectivity index (χ4n) is 5.06. The third-order valence-corrected chi connectivity index (χ3v) is 7.53. The van der Waals surface area contributed by atoms with Gasteiger partial charge in [-0.05, 0) is 85.7 Å². The van der Waals surface area contributed by atoms with Crippen LogP contribution in [-0.4, -0.2) is 62.0 Å². The van der Waals surface area contributed by atoms with Crippen LogP contribution >= 0.6 is 0 Å². The number of nitrogens with one attached hydrogen (secondary N) is 3. The van der Waals surface area contributed by atoms with Crippen molar-refractivity contribution in [2.24, 2.45) is 5.41 Å². The summed E-state index contributed by atoms with van der Waals surface area (Å²) in [4.78, 5) is 32.6. The van der Waals surface area contributed by atoms with Crippen molar-refractivity contribution in [1.29, 1.82) is 0 Å². The number of ether oxygens (including phenoxy) is 1. The maximum absolute atomic E-state index is 13.3. The van der Waals surface area contributed by atoms with E-state index in [1.165, 1.54) is 5.56 Å². The van der Waals surface area contributed by atoms with Gasteiger partial charge in [-0.25, -0.2) is 4.98 Å². The lowest BCUT2D eigenvalue weighted by molar-refractivity contribution is 0.0712. The maximum atomic E-state index is 13.3. The number of pyridine rings is 1. The third kappa shape index (κ3) is 7.39. The Kier molecular flexibility index (Phi) is 9.42. The predicted molar refractivity (Wildman–Crippen MR) is 160 cm³/mol. The van der Waals surface area contributed by atoms with E-state index < -0.39 is 0 Å². The molecule has 8 nitrogen and oxygen atoms in total. The van der Waals surface area contributed by atoms with E-state index in [1.807, 2.05) is 49.2 Å². The Labute approximate surface area is 237 Å². The Hall–Kier alpha value is -3.91. The van der Waals surface area contributed by atoms with Gasteiger partial charge in [0, 0.05) is 43.6 Å². The van der Waals surface area contributed by atoms with Crippen molar-refractivity contribution in [1.82, 2.24) is 15.2 Å². The molecule has 1 aliphatic rings. The number of aryl methyl sites for hydroxylation is 1. The van der Waals surface area contributed by atoms with Crippen LogP contribution in [0.5, 0.6) is 5.75 Å². The predicted octanol–water partition coefficient (Wildman–Crippen LogP) is 5.33. The van der Waals surface area contributed by atoms with Gasteiger partial charge in [-0.3, -0.25) is 9.59 Å². The average molecular weight is 544 g/mol. The molecule has 0 spiro atoms. The molecule has 2 amide bonds. The lowest BCUT2D eigenvalue weighted by Crippen LogP contribution is -2.38. The molecule has 3 aromatic rings. The molecule has 0 atom stereocenters. The number of hydrogen-bond donors (Lipinski definition) is 3.